The molecule has 0 fully saturated rings. The lowest BCUT2D eigenvalue weighted by Gasteiger charge is -2.04. The molecule has 0 aliphatic heterocycles. The van der Waals surface area contributed by atoms with Gasteiger partial charge in [0.2, 0.25) is 0 Å². The van der Waals surface area contributed by atoms with Crippen molar-refractivity contribution >= 4 is 34.7 Å². The molecular formula is C10H10ClNO2S. The fourth-order valence-electron chi connectivity index (χ4n) is 1.02. The Morgan fingerprint density at radius 1 is 1.33 bits per heavy atom. The fourth-order valence-corrected chi connectivity index (χ4v) is 1.38. The summed E-state index contributed by atoms with van der Waals surface area (Å²) in [6, 6.07) is 7.13. The molecule has 80 valence electrons. The molecule has 1 rings (SSSR count). The van der Waals surface area contributed by atoms with E-state index in [1.54, 1.807) is 12.1 Å². The summed E-state index contributed by atoms with van der Waals surface area (Å²) in [5.41, 5.74) is 0.882. The minimum atomic E-state index is -0.895. The van der Waals surface area contributed by atoms with Gasteiger partial charge in [0.05, 0.1) is 6.54 Å². The Morgan fingerprint density at radius 3 is 2.47 bits per heavy atom. The largest absolute Gasteiger partial charge is 0.480 e. The van der Waals surface area contributed by atoms with Crippen LogP contribution in [0.15, 0.2) is 24.3 Å². The van der Waals surface area contributed by atoms with Gasteiger partial charge in [0.1, 0.15) is 0 Å². The summed E-state index contributed by atoms with van der Waals surface area (Å²) in [4.78, 5) is 10.9. The number of halogens is 1. The number of carboxylic acid groups (broad SMARTS) is 1. The second-order valence-corrected chi connectivity index (χ2v) is 3.86. The second-order valence-electron chi connectivity index (χ2n) is 2.93. The van der Waals surface area contributed by atoms with Gasteiger partial charge in [-0.3, -0.25) is 4.79 Å². The Hall–Kier alpha value is -0.970. The summed E-state index contributed by atoms with van der Waals surface area (Å²) in [5, 5.41) is 11.8. The predicted octanol–water partition coefficient (Wildman–Crippen LogP) is 1.73. The summed E-state index contributed by atoms with van der Waals surface area (Å²) in [6.45, 7) is 0.289. The molecule has 3 nitrogen and oxygen atoms in total. The topological polar surface area (TPSA) is 49.3 Å². The lowest BCUT2D eigenvalue weighted by Crippen LogP contribution is -2.27. The average molecular weight is 244 g/mol. The van der Waals surface area contributed by atoms with Crippen molar-refractivity contribution in [2.45, 2.75) is 0 Å². The van der Waals surface area contributed by atoms with Gasteiger partial charge in [-0.25, -0.2) is 0 Å². The maximum absolute atomic E-state index is 10.2. The van der Waals surface area contributed by atoms with Gasteiger partial charge in [-0.1, -0.05) is 36.0 Å². The number of carbonyl (C=O) groups is 1. The maximum Gasteiger partial charge on any atom is 0.317 e. The third kappa shape index (κ3) is 4.38. The Bertz CT molecular complexity index is 364. The molecule has 0 unspecified atom stereocenters. The highest BCUT2D eigenvalue weighted by Crippen LogP contribution is 2.10. The van der Waals surface area contributed by atoms with E-state index in [-0.39, 0.29) is 6.54 Å². The van der Waals surface area contributed by atoms with E-state index in [0.29, 0.717) is 16.4 Å². The van der Waals surface area contributed by atoms with Crippen molar-refractivity contribution in [2.75, 3.05) is 13.1 Å². The zero-order valence-electron chi connectivity index (χ0n) is 7.87. The van der Waals surface area contributed by atoms with Crippen LogP contribution in [0, 0.1) is 0 Å². The molecule has 0 radical (unpaired) electrons. The van der Waals surface area contributed by atoms with Crippen LogP contribution in [0.25, 0.3) is 0 Å². The summed E-state index contributed by atoms with van der Waals surface area (Å²) in [6.07, 6.45) is 0. The first-order chi connectivity index (χ1) is 7.09. The van der Waals surface area contributed by atoms with E-state index in [4.69, 9.17) is 28.9 Å². The zero-order chi connectivity index (χ0) is 11.3. The van der Waals surface area contributed by atoms with Gasteiger partial charge in [0.15, 0.2) is 0 Å². The molecule has 0 saturated carbocycles. The smallest absolute Gasteiger partial charge is 0.317 e. The monoisotopic (exact) mass is 243 g/mol. The number of hydrogen-bond acceptors (Lipinski definition) is 3. The van der Waals surface area contributed by atoms with E-state index in [2.05, 4.69) is 5.32 Å². The van der Waals surface area contributed by atoms with Crippen LogP contribution in [0.2, 0.25) is 5.02 Å². The third-order valence-corrected chi connectivity index (χ3v) is 2.36. The highest BCUT2D eigenvalue weighted by molar-refractivity contribution is 7.80. The number of rotatable bonds is 5. The standard InChI is InChI=1S/C10H10ClNO2S/c11-8-3-1-7(2-4-8)9(15)5-12-6-10(13)14/h1-4,12H,5-6H2,(H,13,14). The molecule has 1 aromatic rings. The first-order valence-corrected chi connectivity index (χ1v) is 5.09. The van der Waals surface area contributed by atoms with Crippen molar-refractivity contribution in [1.29, 1.82) is 0 Å². The van der Waals surface area contributed by atoms with Gasteiger partial charge < -0.3 is 10.4 Å². The number of thiocarbonyl (C=S) groups is 1. The lowest BCUT2D eigenvalue weighted by molar-refractivity contribution is -0.135. The first kappa shape index (κ1) is 12.1. The summed E-state index contributed by atoms with van der Waals surface area (Å²) < 4.78 is 0. The normalized spacial score (nSPS) is 9.93. The van der Waals surface area contributed by atoms with Crippen molar-refractivity contribution < 1.29 is 9.90 Å². The van der Waals surface area contributed by atoms with Crippen molar-refractivity contribution in [1.82, 2.24) is 5.32 Å². The van der Waals surface area contributed by atoms with Crippen molar-refractivity contribution in [3.63, 3.8) is 0 Å². The molecule has 0 spiro atoms. The van der Waals surface area contributed by atoms with Gasteiger partial charge >= 0.3 is 5.97 Å². The van der Waals surface area contributed by atoms with Gasteiger partial charge in [0.25, 0.3) is 0 Å². The fraction of sp³-hybridized carbons (Fsp3) is 0.200. The van der Waals surface area contributed by atoms with Gasteiger partial charge in [-0.15, -0.1) is 0 Å². The molecule has 0 aliphatic rings. The molecule has 0 amide bonds. The highest BCUT2D eigenvalue weighted by Gasteiger charge is 2.02. The summed E-state index contributed by atoms with van der Waals surface area (Å²) >= 11 is 10.8. The van der Waals surface area contributed by atoms with Crippen LogP contribution in [0.1, 0.15) is 5.56 Å². The van der Waals surface area contributed by atoms with Crippen LogP contribution >= 0.6 is 23.8 Å². The number of benzene rings is 1. The number of nitrogens with one attached hydrogen (secondary N) is 1. The minimum Gasteiger partial charge on any atom is -0.480 e. The average Bonchev–Trinajstić information content (AvgIpc) is 2.18. The van der Waals surface area contributed by atoms with Crippen molar-refractivity contribution in [3.05, 3.63) is 34.9 Å². The van der Waals surface area contributed by atoms with E-state index in [1.165, 1.54) is 0 Å². The molecule has 5 heteroatoms. The SMILES string of the molecule is O=C(O)CNCC(=S)c1ccc(Cl)cc1. The van der Waals surface area contributed by atoms with E-state index >= 15 is 0 Å². The van der Waals surface area contributed by atoms with Crippen LogP contribution in [-0.2, 0) is 4.79 Å². The van der Waals surface area contributed by atoms with Gasteiger partial charge in [0, 0.05) is 16.4 Å². The third-order valence-electron chi connectivity index (χ3n) is 1.73. The quantitative estimate of drug-likeness (QED) is 0.611. The lowest BCUT2D eigenvalue weighted by atomic mass is 10.1. The molecule has 0 heterocycles. The molecule has 0 aromatic heterocycles. The molecule has 0 aliphatic carbocycles. The van der Waals surface area contributed by atoms with E-state index < -0.39 is 5.97 Å². The molecule has 15 heavy (non-hydrogen) atoms. The van der Waals surface area contributed by atoms with E-state index in [9.17, 15) is 4.79 Å². The van der Waals surface area contributed by atoms with Crippen LogP contribution < -0.4 is 5.32 Å². The Labute approximate surface area is 98.1 Å². The van der Waals surface area contributed by atoms with Crippen LogP contribution in [0.4, 0.5) is 0 Å². The van der Waals surface area contributed by atoms with Crippen molar-refractivity contribution in [2.24, 2.45) is 0 Å². The zero-order valence-corrected chi connectivity index (χ0v) is 9.44. The van der Waals surface area contributed by atoms with E-state index in [1.807, 2.05) is 12.1 Å². The number of aliphatic carboxylic acids is 1. The molecule has 0 atom stereocenters. The molecule has 0 bridgehead atoms. The maximum atomic E-state index is 10.2. The van der Waals surface area contributed by atoms with Gasteiger partial charge in [-0.2, -0.15) is 0 Å². The van der Waals surface area contributed by atoms with Crippen molar-refractivity contribution in [3.8, 4) is 0 Å². The Balaban J connectivity index is 2.47. The Morgan fingerprint density at radius 2 is 1.93 bits per heavy atom. The van der Waals surface area contributed by atoms with Crippen LogP contribution in [-0.4, -0.2) is 29.0 Å². The summed E-state index contributed by atoms with van der Waals surface area (Å²) in [7, 11) is 0. The van der Waals surface area contributed by atoms with Crippen LogP contribution in [0.5, 0.6) is 0 Å². The second kappa shape index (κ2) is 5.80. The number of carboxylic acids is 1. The van der Waals surface area contributed by atoms with E-state index in [0.717, 1.165) is 5.56 Å². The molecule has 0 saturated heterocycles. The molecule has 1 aromatic carbocycles. The molecule has 2 N–H and O–H groups in total. The van der Waals surface area contributed by atoms with Crippen LogP contribution in [0.3, 0.4) is 0 Å². The minimum absolute atomic E-state index is 0.0896. The summed E-state index contributed by atoms with van der Waals surface area (Å²) in [5.74, 6) is -0.895. The molecular weight excluding hydrogens is 234 g/mol. The Kier molecular flexibility index (Phi) is 4.68. The number of hydrogen-bond donors (Lipinski definition) is 2. The predicted molar refractivity (Wildman–Crippen MR) is 63.7 cm³/mol. The first-order valence-electron chi connectivity index (χ1n) is 4.31. The van der Waals surface area contributed by atoms with Gasteiger partial charge in [-0.05, 0) is 17.7 Å². The highest BCUT2D eigenvalue weighted by atomic mass is 35.5.